The second-order valence-electron chi connectivity index (χ2n) is 16.9. The van der Waals surface area contributed by atoms with E-state index in [1.807, 2.05) is 0 Å². The first kappa shape index (κ1) is 56.6. The summed E-state index contributed by atoms with van der Waals surface area (Å²) in [5.41, 5.74) is 10.0. The van der Waals surface area contributed by atoms with Gasteiger partial charge >= 0.3 is 36.9 Å². The van der Waals surface area contributed by atoms with Crippen LogP contribution >= 0.6 is 31.3 Å². The molecular weight excluding hydrogens is 1130 g/mol. The maximum Gasteiger partial charge on any atom is 0.490 e. The van der Waals surface area contributed by atoms with Gasteiger partial charge in [0.25, 0.3) is 17.1 Å². The summed E-state index contributed by atoms with van der Waals surface area (Å²) < 4.78 is 116. The first-order chi connectivity index (χ1) is 36.2. The lowest BCUT2D eigenvalue weighted by Crippen LogP contribution is -2.47. The smallest absolute Gasteiger partial charge is 0.387 e. The third kappa shape index (κ3) is 11.4. The minimum Gasteiger partial charge on any atom is -0.387 e. The number of nitrogens with two attached hydrogens (primary N) is 2. The Balaban J connectivity index is 0.871. The van der Waals surface area contributed by atoms with Crippen LogP contribution in [0.5, 0.6) is 0 Å². The van der Waals surface area contributed by atoms with Crippen molar-refractivity contribution in [1.82, 2.24) is 53.6 Å². The number of nitrogens with one attached hydrogen (secondary N) is 3. The number of aryl methyl sites for hydroxylation is 1. The van der Waals surface area contributed by atoms with E-state index in [1.54, 1.807) is 7.05 Å². The van der Waals surface area contributed by atoms with Gasteiger partial charge in [0.1, 0.15) is 66.8 Å². The number of aromatic nitrogens is 12. The molecule has 39 nitrogen and oxygen atoms in total. The molecular formula is C34H48N15O24P4+. The van der Waals surface area contributed by atoms with Crippen LogP contribution in [-0.4, -0.2) is 184 Å². The monoisotopic (exact) mass is 1170 g/mol. The quantitative estimate of drug-likeness (QED) is 0.0245. The Labute approximate surface area is 428 Å². The number of hydrogen-bond donors (Lipinski definition) is 12. The molecule has 0 spiro atoms. The summed E-state index contributed by atoms with van der Waals surface area (Å²) in [6, 6.07) is 0. The summed E-state index contributed by atoms with van der Waals surface area (Å²) in [7, 11) is -18.0. The number of aliphatic hydroxyl groups is 3. The lowest BCUT2D eigenvalue weighted by atomic mass is 10.1. The maximum absolute atomic E-state index is 13.7. The van der Waals surface area contributed by atoms with Crippen molar-refractivity contribution in [3.05, 3.63) is 46.0 Å². The molecule has 0 aromatic carbocycles. The van der Waals surface area contributed by atoms with E-state index in [0.717, 1.165) is 24.3 Å². The molecule has 43 heteroatoms. The number of fused-ring (bicyclic) bond motifs is 3. The Hall–Kier alpha value is -5.15. The third-order valence-corrected chi connectivity index (χ3v) is 17.2. The van der Waals surface area contributed by atoms with Crippen LogP contribution in [-0.2, 0) is 75.7 Å². The molecule has 9 rings (SSSR count). The van der Waals surface area contributed by atoms with E-state index in [4.69, 9.17) is 53.2 Å². The van der Waals surface area contributed by atoms with Crippen molar-refractivity contribution in [2.75, 3.05) is 57.9 Å². The molecule has 0 bridgehead atoms. The largest absolute Gasteiger partial charge is 0.490 e. The molecule has 3 aliphatic heterocycles. The van der Waals surface area contributed by atoms with Crippen LogP contribution in [0, 0.1) is 0 Å². The standard InChI is InChI=1S/C34H47N15O24P4/c1-37-24-15-25(39-8-38-24)47(9-40-15)32-23(64-4)21(71-74(55,56)65-5-12-18(50)20(52)30(68-12)48-10-41-16-26(48)42-33(35)44-28(16)53)14(70-32)7-67-76(59,60)73-77(61,62)72-75(57,58)66-6-13-19(51)22(63-3)31(69-13)49-11-46(2)17-27(49)43-34(36)45-29(17)54/h8-14,18-23,30-32,50-52H,5-7H2,1-4H3,(H10-,35,36,37,38,39,42,43,44,45,53,54,55,56,57,58,59,60,61,62)/p+1/t12-,13-,14-,18+,19+,20?,21+,22?,23?,30-,31-,32-/m1/s1. The number of nitrogen functional groups attached to an aromatic ring is 2. The highest BCUT2D eigenvalue weighted by Gasteiger charge is 2.54. The molecule has 7 unspecified atom stereocenters. The van der Waals surface area contributed by atoms with Gasteiger partial charge in [-0.25, -0.2) is 42.8 Å². The number of phosphoric acid groups is 4. The van der Waals surface area contributed by atoms with Crippen molar-refractivity contribution in [2.24, 2.45) is 7.05 Å². The van der Waals surface area contributed by atoms with Gasteiger partial charge < -0.3 is 75.4 Å². The first-order valence-corrected chi connectivity index (χ1v) is 28.0. The highest BCUT2D eigenvalue weighted by atomic mass is 31.3. The maximum atomic E-state index is 13.7. The van der Waals surface area contributed by atoms with Crippen molar-refractivity contribution in [3.8, 4) is 0 Å². The Kier molecular flexibility index (Phi) is 15.8. The van der Waals surface area contributed by atoms with E-state index in [1.165, 1.54) is 40.5 Å². The van der Waals surface area contributed by atoms with E-state index in [0.29, 0.717) is 0 Å². The normalized spacial score (nSPS) is 30.0. The highest BCUT2D eigenvalue weighted by Crippen LogP contribution is 2.68. The predicted octanol–water partition coefficient (Wildman–Crippen LogP) is -3.60. The van der Waals surface area contributed by atoms with Crippen molar-refractivity contribution in [2.45, 2.75) is 73.6 Å². The van der Waals surface area contributed by atoms with Crippen molar-refractivity contribution >= 4 is 82.5 Å². The molecule has 0 saturated carbocycles. The van der Waals surface area contributed by atoms with Gasteiger partial charge in [-0.2, -0.15) is 13.6 Å². The van der Waals surface area contributed by atoms with Gasteiger partial charge in [0.15, 0.2) is 41.4 Å². The van der Waals surface area contributed by atoms with E-state index in [2.05, 4.69) is 53.8 Å². The third-order valence-electron chi connectivity index (χ3n) is 12.0. The molecule has 3 aliphatic rings. The summed E-state index contributed by atoms with van der Waals surface area (Å²) in [5.74, 6) is -0.318. The van der Waals surface area contributed by atoms with Crippen molar-refractivity contribution in [3.63, 3.8) is 0 Å². The van der Waals surface area contributed by atoms with Gasteiger partial charge in [-0.15, -0.1) is 0 Å². The number of anilines is 3. The molecule has 6 aromatic rings. The van der Waals surface area contributed by atoms with Crippen LogP contribution in [0.25, 0.3) is 33.5 Å². The number of rotatable bonds is 21. The minimum absolute atomic E-state index is 0.00908. The molecule has 16 atom stereocenters. The first-order valence-electron chi connectivity index (χ1n) is 22.0. The van der Waals surface area contributed by atoms with Crippen LogP contribution < -0.4 is 32.5 Å². The molecule has 3 saturated heterocycles. The summed E-state index contributed by atoms with van der Waals surface area (Å²) in [6.07, 6.45) is -14.2. The average molecular weight is 1170 g/mol. The van der Waals surface area contributed by atoms with Crippen LogP contribution in [0.1, 0.15) is 18.7 Å². The zero-order valence-electron chi connectivity index (χ0n) is 39.8. The fourth-order valence-electron chi connectivity index (χ4n) is 8.69. The molecule has 77 heavy (non-hydrogen) atoms. The number of imidazole rings is 3. The molecule has 0 aliphatic carbocycles. The second-order valence-corrected chi connectivity index (χ2v) is 22.9. The fraction of sp³-hybridized carbons (Fsp3) is 0.559. The minimum atomic E-state index is -6.18. The zero-order chi connectivity index (χ0) is 55.7. The second kappa shape index (κ2) is 21.5. The molecule has 3 fully saturated rings. The topological polar surface area (TPSA) is 537 Å². The van der Waals surface area contributed by atoms with Crippen molar-refractivity contribution < 1.29 is 108 Å². The Morgan fingerprint density at radius 3 is 1.91 bits per heavy atom. The number of ether oxygens (including phenoxy) is 5. The number of nitrogens with zero attached hydrogens (tertiary/aromatic N) is 10. The molecule has 9 heterocycles. The SMILES string of the molecule is CNc1ncnc2c1ncn2[C@@H]1O[C@H](COP(=O)(O)OP(=O)(O)OP(=O)(O)OC[C@H]2O[C@@H]([n+]3cn(C)c4c(=O)[nH]c(N)nc43)C(OC)[C@H]2O)[C@H](OP(=O)(O)OC[C@H]2O[C@@H](n3cnc4c(=O)[nH]c(N)nc43)C(O)[C@H]2O)C1OC. The van der Waals surface area contributed by atoms with Crippen LogP contribution in [0.3, 0.4) is 0 Å². The predicted molar refractivity (Wildman–Crippen MR) is 249 cm³/mol. The summed E-state index contributed by atoms with van der Waals surface area (Å²) in [5, 5.41) is 35.6. The van der Waals surface area contributed by atoms with E-state index < -0.39 is 136 Å². The number of hydrogen-bond acceptors (Lipinski definition) is 29. The Morgan fingerprint density at radius 2 is 1.26 bits per heavy atom. The van der Waals surface area contributed by atoms with Gasteiger partial charge in [0.05, 0.1) is 39.5 Å². The van der Waals surface area contributed by atoms with Gasteiger partial charge in [0, 0.05) is 21.3 Å². The van der Waals surface area contributed by atoms with Crippen LogP contribution in [0.2, 0.25) is 0 Å². The molecule has 0 amide bonds. The van der Waals surface area contributed by atoms with E-state index in [9.17, 15) is 62.7 Å². The molecule has 0 radical (unpaired) electrons. The van der Waals surface area contributed by atoms with E-state index >= 15 is 0 Å². The number of H-pyrrole nitrogens is 2. The van der Waals surface area contributed by atoms with Crippen LogP contribution in [0.15, 0.2) is 34.9 Å². The summed E-state index contributed by atoms with van der Waals surface area (Å²) in [6.45, 7) is -3.27. The number of aromatic amines is 2. The van der Waals surface area contributed by atoms with Gasteiger partial charge in [-0.1, -0.05) is 4.98 Å². The highest BCUT2D eigenvalue weighted by molar-refractivity contribution is 7.66. The average Bonchev–Trinajstić information content (AvgIpc) is 4.20. The molecule has 6 aromatic heterocycles. The Morgan fingerprint density at radius 1 is 0.688 bits per heavy atom. The number of phosphoric ester groups is 3. The summed E-state index contributed by atoms with van der Waals surface area (Å²) >= 11 is 0. The Bertz CT molecular complexity index is 3510. The summed E-state index contributed by atoms with van der Waals surface area (Å²) in [4.78, 5) is 96.7. The zero-order valence-corrected chi connectivity index (χ0v) is 43.4. The number of methoxy groups -OCH3 is 2. The molecule has 14 N–H and O–H groups in total. The lowest BCUT2D eigenvalue weighted by Gasteiger charge is -2.26. The lowest BCUT2D eigenvalue weighted by molar-refractivity contribution is -0.746. The number of aliphatic hydroxyl groups excluding tert-OH is 3. The van der Waals surface area contributed by atoms with Crippen LogP contribution in [0.4, 0.5) is 17.7 Å². The fourth-order valence-corrected chi connectivity index (χ4v) is 13.2. The van der Waals surface area contributed by atoms with Crippen molar-refractivity contribution in [1.29, 1.82) is 0 Å². The molecule has 422 valence electrons. The van der Waals surface area contributed by atoms with Gasteiger partial charge in [0.2, 0.25) is 17.7 Å². The van der Waals surface area contributed by atoms with E-state index in [-0.39, 0.29) is 51.2 Å². The van der Waals surface area contributed by atoms with Gasteiger partial charge in [-0.3, -0.25) is 51.4 Å². The van der Waals surface area contributed by atoms with Gasteiger partial charge in [-0.05, 0) is 0 Å².